The molecule has 122 valence electrons. The molecule has 0 N–H and O–H groups in total. The Kier molecular flexibility index (Phi) is 6.36. The van der Waals surface area contributed by atoms with Crippen molar-refractivity contribution in [2.45, 2.75) is 13.8 Å². The van der Waals surface area contributed by atoms with E-state index >= 15 is 0 Å². The summed E-state index contributed by atoms with van der Waals surface area (Å²) in [6, 6.07) is 4.98. The first-order chi connectivity index (χ1) is 10.5. The molecule has 1 heterocycles. The van der Waals surface area contributed by atoms with Crippen LogP contribution in [0.3, 0.4) is 0 Å². The zero-order chi connectivity index (χ0) is 16.1. The summed E-state index contributed by atoms with van der Waals surface area (Å²) < 4.78 is 5.50. The molecule has 0 aromatic heterocycles. The average molecular weight is 345 g/mol. The highest BCUT2D eigenvalue weighted by Crippen LogP contribution is 2.27. The molecule has 0 spiro atoms. The third-order valence-electron chi connectivity index (χ3n) is 3.59. The molecule has 0 radical (unpaired) electrons. The Morgan fingerprint density at radius 2 is 1.91 bits per heavy atom. The van der Waals surface area contributed by atoms with Crippen molar-refractivity contribution in [3.63, 3.8) is 0 Å². The van der Waals surface area contributed by atoms with Gasteiger partial charge in [0.05, 0.1) is 5.02 Å². The van der Waals surface area contributed by atoms with Crippen molar-refractivity contribution in [2.75, 3.05) is 39.3 Å². The predicted molar refractivity (Wildman–Crippen MR) is 89.8 cm³/mol. The maximum absolute atomic E-state index is 12.2. The van der Waals surface area contributed by atoms with Gasteiger partial charge in [0.25, 0.3) is 5.91 Å². The number of nitrogens with zero attached hydrogens (tertiary/aromatic N) is 2. The monoisotopic (exact) mass is 344 g/mol. The van der Waals surface area contributed by atoms with Crippen LogP contribution in [-0.4, -0.2) is 55.0 Å². The molecule has 4 nitrogen and oxygen atoms in total. The smallest absolute Gasteiger partial charge is 0.260 e. The van der Waals surface area contributed by atoms with Crippen molar-refractivity contribution in [3.05, 3.63) is 28.2 Å². The van der Waals surface area contributed by atoms with Gasteiger partial charge in [-0.2, -0.15) is 0 Å². The van der Waals surface area contributed by atoms with Crippen LogP contribution in [0.4, 0.5) is 0 Å². The van der Waals surface area contributed by atoms with Crippen LogP contribution in [0.2, 0.25) is 10.0 Å². The van der Waals surface area contributed by atoms with E-state index in [1.165, 1.54) is 0 Å². The van der Waals surface area contributed by atoms with E-state index in [1.807, 2.05) is 4.90 Å². The molecule has 1 saturated heterocycles. The van der Waals surface area contributed by atoms with Gasteiger partial charge in [0, 0.05) is 37.7 Å². The fourth-order valence-corrected chi connectivity index (χ4v) is 2.98. The highest BCUT2D eigenvalue weighted by atomic mass is 35.5. The fraction of sp³-hybridized carbons (Fsp3) is 0.562. The number of halogens is 2. The first kappa shape index (κ1) is 17.4. The maximum Gasteiger partial charge on any atom is 0.260 e. The van der Waals surface area contributed by atoms with Crippen molar-refractivity contribution >= 4 is 29.1 Å². The van der Waals surface area contributed by atoms with Gasteiger partial charge in [0.2, 0.25) is 0 Å². The minimum atomic E-state index is -0.00443. The molecule has 2 rings (SSSR count). The van der Waals surface area contributed by atoms with Crippen molar-refractivity contribution < 1.29 is 9.53 Å². The molecule has 0 atom stereocenters. The number of carbonyl (C=O) groups excluding carboxylic acids is 1. The molecule has 1 aliphatic heterocycles. The van der Waals surface area contributed by atoms with Crippen LogP contribution in [0.1, 0.15) is 13.8 Å². The molecule has 0 unspecified atom stereocenters. The predicted octanol–water partition coefficient (Wildman–Crippen LogP) is 3.17. The van der Waals surface area contributed by atoms with Gasteiger partial charge in [0.15, 0.2) is 6.61 Å². The van der Waals surface area contributed by atoms with E-state index in [1.54, 1.807) is 18.2 Å². The molecule has 0 saturated carbocycles. The van der Waals surface area contributed by atoms with Gasteiger partial charge >= 0.3 is 0 Å². The Morgan fingerprint density at radius 3 is 2.50 bits per heavy atom. The molecule has 22 heavy (non-hydrogen) atoms. The van der Waals surface area contributed by atoms with Gasteiger partial charge in [0.1, 0.15) is 5.75 Å². The zero-order valence-electron chi connectivity index (χ0n) is 13.0. The number of carbonyl (C=O) groups is 1. The van der Waals surface area contributed by atoms with Gasteiger partial charge in [-0.1, -0.05) is 37.0 Å². The van der Waals surface area contributed by atoms with Crippen LogP contribution in [-0.2, 0) is 4.79 Å². The third-order valence-corrected chi connectivity index (χ3v) is 4.12. The number of amides is 1. The van der Waals surface area contributed by atoms with Crippen molar-refractivity contribution in [2.24, 2.45) is 5.92 Å². The molecule has 1 fully saturated rings. The minimum Gasteiger partial charge on any atom is -0.482 e. The molecular formula is C16H22Cl2N2O2. The first-order valence-electron chi connectivity index (χ1n) is 7.53. The molecular weight excluding hydrogens is 323 g/mol. The molecule has 0 aliphatic carbocycles. The summed E-state index contributed by atoms with van der Waals surface area (Å²) in [6.45, 7) is 8.86. The Bertz CT molecular complexity index is 515. The van der Waals surface area contributed by atoms with Gasteiger partial charge in [-0.05, 0) is 24.1 Å². The van der Waals surface area contributed by atoms with Gasteiger partial charge in [-0.15, -0.1) is 0 Å². The summed E-state index contributed by atoms with van der Waals surface area (Å²) in [6.07, 6.45) is 0. The number of piperazine rings is 1. The van der Waals surface area contributed by atoms with E-state index in [9.17, 15) is 4.79 Å². The second-order valence-corrected chi connectivity index (χ2v) is 6.78. The Balaban J connectivity index is 1.79. The number of ether oxygens (including phenoxy) is 1. The standard InChI is InChI=1S/C16H22Cl2N2O2/c1-12(2)10-19-5-7-20(8-6-19)16(21)11-22-15-4-3-13(17)9-14(15)18/h3-4,9,12H,5-8,10-11H2,1-2H3. The summed E-state index contributed by atoms with van der Waals surface area (Å²) in [5.41, 5.74) is 0. The van der Waals surface area contributed by atoms with E-state index in [0.29, 0.717) is 21.7 Å². The second-order valence-electron chi connectivity index (χ2n) is 5.94. The van der Waals surface area contributed by atoms with E-state index in [2.05, 4.69) is 18.7 Å². The molecule has 1 aliphatic rings. The second kappa shape index (κ2) is 8.04. The van der Waals surface area contributed by atoms with Gasteiger partial charge in [-0.25, -0.2) is 0 Å². The fourth-order valence-electron chi connectivity index (χ4n) is 2.52. The lowest BCUT2D eigenvalue weighted by atomic mass is 10.2. The lowest BCUT2D eigenvalue weighted by molar-refractivity contribution is -0.135. The van der Waals surface area contributed by atoms with Crippen LogP contribution >= 0.6 is 23.2 Å². The maximum atomic E-state index is 12.2. The summed E-state index contributed by atoms with van der Waals surface area (Å²) >= 11 is 11.9. The highest BCUT2D eigenvalue weighted by molar-refractivity contribution is 6.35. The van der Waals surface area contributed by atoms with Crippen LogP contribution < -0.4 is 4.74 Å². The highest BCUT2D eigenvalue weighted by Gasteiger charge is 2.21. The lowest BCUT2D eigenvalue weighted by Crippen LogP contribution is -2.50. The first-order valence-corrected chi connectivity index (χ1v) is 8.29. The van der Waals surface area contributed by atoms with Crippen molar-refractivity contribution in [1.29, 1.82) is 0 Å². The minimum absolute atomic E-state index is 0.00443. The lowest BCUT2D eigenvalue weighted by Gasteiger charge is -2.35. The normalized spacial score (nSPS) is 16.1. The van der Waals surface area contributed by atoms with Gasteiger partial charge in [-0.3, -0.25) is 9.69 Å². The van der Waals surface area contributed by atoms with Crippen molar-refractivity contribution in [3.8, 4) is 5.75 Å². The number of hydrogen-bond donors (Lipinski definition) is 0. The summed E-state index contributed by atoms with van der Waals surface area (Å²) in [7, 11) is 0. The van der Waals surface area contributed by atoms with Crippen LogP contribution in [0.5, 0.6) is 5.75 Å². The summed E-state index contributed by atoms with van der Waals surface area (Å²) in [5, 5.41) is 0.965. The Labute approximate surface area is 141 Å². The van der Waals surface area contributed by atoms with Gasteiger partial charge < -0.3 is 9.64 Å². The molecule has 1 aromatic rings. The third kappa shape index (κ3) is 5.04. The number of benzene rings is 1. The molecule has 1 aromatic carbocycles. The van der Waals surface area contributed by atoms with Crippen LogP contribution in [0.15, 0.2) is 18.2 Å². The molecule has 1 amide bonds. The molecule has 6 heteroatoms. The number of rotatable bonds is 5. The van der Waals surface area contributed by atoms with Crippen LogP contribution in [0, 0.1) is 5.92 Å². The largest absolute Gasteiger partial charge is 0.482 e. The Morgan fingerprint density at radius 1 is 1.23 bits per heavy atom. The summed E-state index contributed by atoms with van der Waals surface area (Å²) in [5.74, 6) is 1.13. The van der Waals surface area contributed by atoms with E-state index in [-0.39, 0.29) is 12.5 Å². The molecule has 0 bridgehead atoms. The number of hydrogen-bond acceptors (Lipinski definition) is 3. The van der Waals surface area contributed by atoms with E-state index in [4.69, 9.17) is 27.9 Å². The average Bonchev–Trinajstić information content (AvgIpc) is 2.46. The van der Waals surface area contributed by atoms with Crippen molar-refractivity contribution in [1.82, 2.24) is 9.80 Å². The Hall–Kier alpha value is -0.970. The quantitative estimate of drug-likeness (QED) is 0.822. The van der Waals surface area contributed by atoms with Crippen LogP contribution in [0.25, 0.3) is 0 Å². The summed E-state index contributed by atoms with van der Waals surface area (Å²) in [4.78, 5) is 16.4. The van der Waals surface area contributed by atoms with E-state index < -0.39 is 0 Å². The SMILES string of the molecule is CC(C)CN1CCN(C(=O)COc2ccc(Cl)cc2Cl)CC1. The topological polar surface area (TPSA) is 32.8 Å². The zero-order valence-corrected chi connectivity index (χ0v) is 14.5. The van der Waals surface area contributed by atoms with E-state index in [0.717, 1.165) is 32.7 Å².